The molecule has 1 saturated heterocycles. The van der Waals surface area contributed by atoms with Crippen molar-refractivity contribution in [1.29, 1.82) is 0 Å². The summed E-state index contributed by atoms with van der Waals surface area (Å²) in [4.78, 5) is 0. The molecule has 2 nitrogen and oxygen atoms in total. The van der Waals surface area contributed by atoms with E-state index in [9.17, 15) is 0 Å². The minimum atomic E-state index is -0.0631. The monoisotopic (exact) mass is 336 g/mol. The molecule has 1 unspecified atom stereocenters. The van der Waals surface area contributed by atoms with E-state index in [4.69, 9.17) is 9.47 Å². The Kier molecular flexibility index (Phi) is 5.01. The Labute approximate surface area is 151 Å². The predicted octanol–water partition coefficient (Wildman–Crippen LogP) is 5.62. The van der Waals surface area contributed by atoms with Crippen LogP contribution in [0.25, 0.3) is 6.08 Å². The van der Waals surface area contributed by atoms with E-state index in [1.54, 1.807) is 7.11 Å². The summed E-state index contributed by atoms with van der Waals surface area (Å²) in [5, 5.41) is 0. The molecule has 25 heavy (non-hydrogen) atoms. The Balaban J connectivity index is 1.85. The van der Waals surface area contributed by atoms with E-state index >= 15 is 0 Å². The van der Waals surface area contributed by atoms with Crippen LogP contribution in [0.2, 0.25) is 0 Å². The lowest BCUT2D eigenvalue weighted by atomic mass is 9.77. The number of hydrogen-bond donors (Lipinski definition) is 0. The number of rotatable bonds is 7. The minimum Gasteiger partial charge on any atom is -0.497 e. The van der Waals surface area contributed by atoms with Gasteiger partial charge in [-0.2, -0.15) is 0 Å². The van der Waals surface area contributed by atoms with Gasteiger partial charge in [0, 0.05) is 5.41 Å². The first-order valence-corrected chi connectivity index (χ1v) is 9.00. The molecule has 0 spiro atoms. The molecule has 0 amide bonds. The highest BCUT2D eigenvalue weighted by molar-refractivity contribution is 5.52. The molecule has 0 bridgehead atoms. The largest absolute Gasteiger partial charge is 0.497 e. The van der Waals surface area contributed by atoms with Gasteiger partial charge in [-0.3, -0.25) is 0 Å². The van der Waals surface area contributed by atoms with Crippen molar-refractivity contribution in [2.75, 3.05) is 7.11 Å². The van der Waals surface area contributed by atoms with Gasteiger partial charge >= 0.3 is 0 Å². The third-order valence-corrected chi connectivity index (χ3v) is 5.26. The normalized spacial score (nSPS) is 21.0. The predicted molar refractivity (Wildman–Crippen MR) is 104 cm³/mol. The summed E-state index contributed by atoms with van der Waals surface area (Å²) < 4.78 is 11.2. The van der Waals surface area contributed by atoms with Crippen LogP contribution in [0, 0.1) is 0 Å². The van der Waals surface area contributed by atoms with Crippen LogP contribution in [-0.2, 0) is 10.2 Å². The molecule has 1 aliphatic heterocycles. The number of methoxy groups -OCH3 is 1. The molecule has 0 N–H and O–H groups in total. The first kappa shape index (κ1) is 17.8. The van der Waals surface area contributed by atoms with Crippen molar-refractivity contribution in [3.63, 3.8) is 0 Å². The highest BCUT2D eigenvalue weighted by Crippen LogP contribution is 2.42. The highest BCUT2D eigenvalue weighted by atomic mass is 16.6. The van der Waals surface area contributed by atoms with Crippen LogP contribution in [-0.4, -0.2) is 18.8 Å². The van der Waals surface area contributed by atoms with Crippen molar-refractivity contribution in [1.82, 2.24) is 0 Å². The molecular weight excluding hydrogens is 308 g/mol. The van der Waals surface area contributed by atoms with Gasteiger partial charge in [0.05, 0.1) is 18.8 Å². The number of hydrogen-bond acceptors (Lipinski definition) is 2. The van der Waals surface area contributed by atoms with E-state index in [0.29, 0.717) is 6.10 Å². The van der Waals surface area contributed by atoms with Crippen LogP contribution in [0.5, 0.6) is 5.75 Å². The molecule has 132 valence electrons. The van der Waals surface area contributed by atoms with Crippen LogP contribution >= 0.6 is 0 Å². The Bertz CT molecular complexity index is 733. The second-order valence-corrected chi connectivity index (χ2v) is 7.64. The molecular formula is C23H28O2. The van der Waals surface area contributed by atoms with E-state index in [2.05, 4.69) is 75.4 Å². The Hall–Kier alpha value is -2.06. The topological polar surface area (TPSA) is 21.8 Å². The van der Waals surface area contributed by atoms with Crippen LogP contribution in [0.3, 0.4) is 0 Å². The SMILES string of the molecule is COc1cccc([C@@](C)(/C=C/c2ccccc2)CCC2OC2(C)C)c1. The summed E-state index contributed by atoms with van der Waals surface area (Å²) in [6.07, 6.45) is 7.00. The Morgan fingerprint density at radius 2 is 1.84 bits per heavy atom. The molecule has 2 aromatic carbocycles. The quantitative estimate of drug-likeness (QED) is 0.612. The van der Waals surface area contributed by atoms with Gasteiger partial charge in [0.1, 0.15) is 5.75 Å². The maximum absolute atomic E-state index is 5.79. The highest BCUT2D eigenvalue weighted by Gasteiger charge is 2.47. The average Bonchev–Trinajstić information content (AvgIpc) is 3.26. The van der Waals surface area contributed by atoms with E-state index < -0.39 is 0 Å². The summed E-state index contributed by atoms with van der Waals surface area (Å²) in [6, 6.07) is 18.9. The molecule has 1 aliphatic rings. The molecule has 2 atom stereocenters. The van der Waals surface area contributed by atoms with Crippen LogP contribution in [0.15, 0.2) is 60.7 Å². The minimum absolute atomic E-state index is 0.0401. The Morgan fingerprint density at radius 1 is 1.12 bits per heavy atom. The van der Waals surface area contributed by atoms with E-state index in [0.717, 1.165) is 18.6 Å². The molecule has 1 heterocycles. The standard InChI is InChI=1S/C23H28O2/c1-22(2)21(25-22)14-16-23(3,15-13-18-9-6-5-7-10-18)19-11-8-12-20(17-19)24-4/h5-13,15,17,21H,14,16H2,1-4H3/b15-13+/t21?,23-/m0/s1. The fourth-order valence-electron chi connectivity index (χ4n) is 3.32. The molecule has 3 rings (SSSR count). The van der Waals surface area contributed by atoms with E-state index in [1.807, 2.05) is 12.1 Å². The average molecular weight is 336 g/mol. The number of allylic oxidation sites excluding steroid dienone is 1. The van der Waals surface area contributed by atoms with Crippen LogP contribution in [0.1, 0.15) is 44.7 Å². The van der Waals surface area contributed by atoms with Crippen molar-refractivity contribution in [2.24, 2.45) is 0 Å². The number of epoxide rings is 1. The van der Waals surface area contributed by atoms with Gasteiger partial charge in [-0.05, 0) is 49.9 Å². The summed E-state index contributed by atoms with van der Waals surface area (Å²) in [6.45, 7) is 6.64. The molecule has 0 aliphatic carbocycles. The van der Waals surface area contributed by atoms with Crippen molar-refractivity contribution >= 4 is 6.08 Å². The number of ether oxygens (including phenoxy) is 2. The number of benzene rings is 2. The zero-order chi connectivity index (χ0) is 17.9. The fraction of sp³-hybridized carbons (Fsp3) is 0.391. The Morgan fingerprint density at radius 3 is 2.48 bits per heavy atom. The van der Waals surface area contributed by atoms with Crippen molar-refractivity contribution in [2.45, 2.75) is 50.7 Å². The first-order chi connectivity index (χ1) is 11.9. The maximum Gasteiger partial charge on any atom is 0.119 e. The van der Waals surface area contributed by atoms with Crippen molar-refractivity contribution in [3.8, 4) is 5.75 Å². The molecule has 2 heteroatoms. The van der Waals surface area contributed by atoms with Gasteiger partial charge in [-0.15, -0.1) is 0 Å². The molecule has 1 fully saturated rings. The van der Waals surface area contributed by atoms with E-state index in [1.165, 1.54) is 11.1 Å². The second kappa shape index (κ2) is 7.05. The lowest BCUT2D eigenvalue weighted by Gasteiger charge is -2.27. The van der Waals surface area contributed by atoms with Crippen LogP contribution < -0.4 is 4.74 Å². The molecule has 0 radical (unpaired) electrons. The van der Waals surface area contributed by atoms with Crippen molar-refractivity contribution < 1.29 is 9.47 Å². The summed E-state index contributed by atoms with van der Waals surface area (Å²) >= 11 is 0. The van der Waals surface area contributed by atoms with Gasteiger partial charge in [-0.1, -0.05) is 61.5 Å². The van der Waals surface area contributed by atoms with Crippen LogP contribution in [0.4, 0.5) is 0 Å². The van der Waals surface area contributed by atoms with E-state index in [-0.39, 0.29) is 11.0 Å². The fourth-order valence-corrected chi connectivity index (χ4v) is 3.32. The zero-order valence-corrected chi connectivity index (χ0v) is 15.7. The van der Waals surface area contributed by atoms with Crippen molar-refractivity contribution in [3.05, 3.63) is 71.8 Å². The van der Waals surface area contributed by atoms with Gasteiger partial charge in [-0.25, -0.2) is 0 Å². The maximum atomic E-state index is 5.79. The lowest BCUT2D eigenvalue weighted by molar-refractivity contribution is 0.314. The second-order valence-electron chi connectivity index (χ2n) is 7.64. The van der Waals surface area contributed by atoms with Gasteiger partial charge in [0.25, 0.3) is 0 Å². The molecule has 0 aromatic heterocycles. The van der Waals surface area contributed by atoms with Gasteiger partial charge in [0.15, 0.2) is 0 Å². The molecule has 2 aromatic rings. The molecule has 0 saturated carbocycles. The van der Waals surface area contributed by atoms with Gasteiger partial charge < -0.3 is 9.47 Å². The summed E-state index contributed by atoms with van der Waals surface area (Å²) in [5.41, 5.74) is 2.47. The smallest absolute Gasteiger partial charge is 0.119 e. The first-order valence-electron chi connectivity index (χ1n) is 9.00. The summed E-state index contributed by atoms with van der Waals surface area (Å²) in [5.74, 6) is 0.903. The summed E-state index contributed by atoms with van der Waals surface area (Å²) in [7, 11) is 1.72. The lowest BCUT2D eigenvalue weighted by Crippen LogP contribution is -2.20. The van der Waals surface area contributed by atoms with Gasteiger partial charge in [0.2, 0.25) is 0 Å². The zero-order valence-electron chi connectivity index (χ0n) is 15.7. The third kappa shape index (κ3) is 4.32. The third-order valence-electron chi connectivity index (χ3n) is 5.26.